The molecule has 0 aliphatic carbocycles. The van der Waals surface area contributed by atoms with E-state index >= 15 is 0 Å². The van der Waals surface area contributed by atoms with Crippen LogP contribution in [0.2, 0.25) is 0 Å². The summed E-state index contributed by atoms with van der Waals surface area (Å²) in [4.78, 5) is 0. The van der Waals surface area contributed by atoms with Crippen molar-refractivity contribution in [1.82, 2.24) is 5.32 Å². The van der Waals surface area contributed by atoms with Crippen molar-refractivity contribution in [2.45, 2.75) is 12.5 Å². The Morgan fingerprint density at radius 2 is 2.00 bits per heavy atom. The molecule has 0 spiro atoms. The topological polar surface area (TPSA) is 46.2 Å². The summed E-state index contributed by atoms with van der Waals surface area (Å²) in [6, 6.07) is 10.1. The van der Waals surface area contributed by atoms with Crippen LogP contribution in [0.15, 0.2) is 30.3 Å². The highest BCUT2D eigenvalue weighted by atomic mass is 32.2. The first-order valence-corrected chi connectivity index (χ1v) is 6.96. The summed E-state index contributed by atoms with van der Waals surface area (Å²) in [6.07, 6.45) is 0.792. The fraction of sp³-hybridized carbons (Fsp3) is 0.455. The minimum atomic E-state index is -2.81. The molecule has 1 N–H and O–H groups in total. The maximum Gasteiger partial charge on any atom is 0.153 e. The van der Waals surface area contributed by atoms with E-state index in [4.69, 9.17) is 0 Å². The molecule has 0 bridgehead atoms. The highest BCUT2D eigenvalue weighted by Gasteiger charge is 2.23. The number of hydrogen-bond donors (Lipinski definition) is 1. The SMILES string of the molecule is O=S1(=O)CCN[C@@H](Cc2ccccc2)C1. The molecule has 82 valence electrons. The lowest BCUT2D eigenvalue weighted by Crippen LogP contribution is -2.46. The lowest BCUT2D eigenvalue weighted by molar-refractivity contribution is 0.515. The van der Waals surface area contributed by atoms with Gasteiger partial charge in [-0.2, -0.15) is 0 Å². The van der Waals surface area contributed by atoms with Gasteiger partial charge in [0, 0.05) is 12.6 Å². The van der Waals surface area contributed by atoms with Crippen molar-refractivity contribution in [3.8, 4) is 0 Å². The molecule has 4 heteroatoms. The van der Waals surface area contributed by atoms with Crippen LogP contribution in [-0.2, 0) is 16.3 Å². The third-order valence-electron chi connectivity index (χ3n) is 2.63. The number of sulfone groups is 1. The maximum absolute atomic E-state index is 11.4. The smallest absolute Gasteiger partial charge is 0.153 e. The molecule has 1 fully saturated rings. The Hall–Kier alpha value is -0.870. The molecule has 0 unspecified atom stereocenters. The molecule has 3 nitrogen and oxygen atoms in total. The minimum absolute atomic E-state index is 0.0751. The Morgan fingerprint density at radius 3 is 2.67 bits per heavy atom. The maximum atomic E-state index is 11.4. The summed E-state index contributed by atoms with van der Waals surface area (Å²) in [5, 5.41) is 3.24. The predicted octanol–water partition coefficient (Wildman–Crippen LogP) is 0.616. The average Bonchev–Trinajstić information content (AvgIpc) is 2.17. The normalized spacial score (nSPS) is 24.9. The van der Waals surface area contributed by atoms with Crippen LogP contribution in [0.25, 0.3) is 0 Å². The summed E-state index contributed by atoms with van der Waals surface area (Å²) in [6.45, 7) is 0.583. The third kappa shape index (κ3) is 3.04. The van der Waals surface area contributed by atoms with E-state index in [9.17, 15) is 8.42 Å². The lowest BCUT2D eigenvalue weighted by atomic mass is 10.1. The quantitative estimate of drug-likeness (QED) is 0.802. The summed E-state index contributed by atoms with van der Waals surface area (Å²) in [5.74, 6) is 0.542. The second kappa shape index (κ2) is 4.33. The second-order valence-electron chi connectivity index (χ2n) is 3.96. The van der Waals surface area contributed by atoms with Gasteiger partial charge in [-0.25, -0.2) is 8.42 Å². The molecular weight excluding hydrogens is 210 g/mol. The summed E-state index contributed by atoms with van der Waals surface area (Å²) >= 11 is 0. The number of rotatable bonds is 2. The predicted molar refractivity (Wildman–Crippen MR) is 60.6 cm³/mol. The molecule has 0 amide bonds. The van der Waals surface area contributed by atoms with Gasteiger partial charge in [0.25, 0.3) is 0 Å². The zero-order valence-corrected chi connectivity index (χ0v) is 9.33. The molecule has 1 aromatic rings. The molecule has 1 aliphatic rings. The Kier molecular flexibility index (Phi) is 3.07. The molecule has 1 saturated heterocycles. The first-order valence-electron chi connectivity index (χ1n) is 5.13. The van der Waals surface area contributed by atoms with E-state index in [-0.39, 0.29) is 17.5 Å². The van der Waals surface area contributed by atoms with Gasteiger partial charge in [-0.1, -0.05) is 30.3 Å². The van der Waals surface area contributed by atoms with Gasteiger partial charge >= 0.3 is 0 Å². The molecule has 0 radical (unpaired) electrons. The van der Waals surface area contributed by atoms with Gasteiger partial charge in [0.1, 0.15) is 0 Å². The lowest BCUT2D eigenvalue weighted by Gasteiger charge is -2.23. The van der Waals surface area contributed by atoms with E-state index in [1.54, 1.807) is 0 Å². The van der Waals surface area contributed by atoms with Crippen LogP contribution in [0.1, 0.15) is 5.56 Å². The van der Waals surface area contributed by atoms with Crippen LogP contribution >= 0.6 is 0 Å². The van der Waals surface area contributed by atoms with Crippen molar-refractivity contribution < 1.29 is 8.42 Å². The van der Waals surface area contributed by atoms with Crippen LogP contribution in [0.4, 0.5) is 0 Å². The number of benzene rings is 1. The van der Waals surface area contributed by atoms with Gasteiger partial charge in [0.05, 0.1) is 11.5 Å². The number of hydrogen-bond acceptors (Lipinski definition) is 3. The monoisotopic (exact) mass is 225 g/mol. The van der Waals surface area contributed by atoms with E-state index in [0.717, 1.165) is 6.42 Å². The Bertz CT molecular complexity index is 413. The Balaban J connectivity index is 2.01. The largest absolute Gasteiger partial charge is 0.312 e. The standard InChI is InChI=1S/C11H15NO2S/c13-15(14)7-6-12-11(9-15)8-10-4-2-1-3-5-10/h1-5,11-12H,6-9H2/t11-/m0/s1. The van der Waals surface area contributed by atoms with Gasteiger partial charge in [-0.05, 0) is 12.0 Å². The Labute approximate surface area is 90.4 Å². The van der Waals surface area contributed by atoms with Gasteiger partial charge in [0.2, 0.25) is 0 Å². The molecule has 1 aromatic carbocycles. The van der Waals surface area contributed by atoms with E-state index in [1.165, 1.54) is 5.56 Å². The van der Waals surface area contributed by atoms with Crippen LogP contribution < -0.4 is 5.32 Å². The van der Waals surface area contributed by atoms with Crippen molar-refractivity contribution in [3.05, 3.63) is 35.9 Å². The molecule has 0 aromatic heterocycles. The van der Waals surface area contributed by atoms with Crippen molar-refractivity contribution in [1.29, 1.82) is 0 Å². The van der Waals surface area contributed by atoms with Crippen LogP contribution in [0, 0.1) is 0 Å². The third-order valence-corrected chi connectivity index (χ3v) is 4.36. The zero-order valence-electron chi connectivity index (χ0n) is 8.52. The molecule has 1 aliphatic heterocycles. The van der Waals surface area contributed by atoms with E-state index in [1.807, 2.05) is 30.3 Å². The van der Waals surface area contributed by atoms with Crippen LogP contribution in [0.5, 0.6) is 0 Å². The fourth-order valence-corrected chi connectivity index (χ4v) is 3.34. The molecule has 2 rings (SSSR count). The first-order chi connectivity index (χ1) is 7.16. The average molecular weight is 225 g/mol. The van der Waals surface area contributed by atoms with Crippen LogP contribution in [0.3, 0.4) is 0 Å². The summed E-state index contributed by atoms with van der Waals surface area (Å²) in [5.41, 5.74) is 1.19. The molecular formula is C11H15NO2S. The highest BCUT2D eigenvalue weighted by Crippen LogP contribution is 2.08. The van der Waals surface area contributed by atoms with Gasteiger partial charge in [-0.15, -0.1) is 0 Å². The molecule has 1 atom stereocenters. The van der Waals surface area contributed by atoms with Gasteiger partial charge < -0.3 is 5.32 Å². The summed E-state index contributed by atoms with van der Waals surface area (Å²) < 4.78 is 22.8. The molecule has 0 saturated carbocycles. The van der Waals surface area contributed by atoms with Crippen molar-refractivity contribution in [2.24, 2.45) is 0 Å². The minimum Gasteiger partial charge on any atom is -0.312 e. The zero-order chi connectivity index (χ0) is 10.7. The van der Waals surface area contributed by atoms with Gasteiger partial charge in [0.15, 0.2) is 9.84 Å². The number of nitrogens with one attached hydrogen (secondary N) is 1. The van der Waals surface area contributed by atoms with Crippen molar-refractivity contribution in [2.75, 3.05) is 18.1 Å². The van der Waals surface area contributed by atoms with E-state index in [2.05, 4.69) is 5.32 Å². The van der Waals surface area contributed by atoms with Crippen LogP contribution in [-0.4, -0.2) is 32.5 Å². The molecule has 1 heterocycles. The van der Waals surface area contributed by atoms with Crippen molar-refractivity contribution >= 4 is 9.84 Å². The van der Waals surface area contributed by atoms with E-state index in [0.29, 0.717) is 6.54 Å². The highest BCUT2D eigenvalue weighted by molar-refractivity contribution is 7.91. The second-order valence-corrected chi connectivity index (χ2v) is 6.18. The van der Waals surface area contributed by atoms with Crippen molar-refractivity contribution in [3.63, 3.8) is 0 Å². The fourth-order valence-electron chi connectivity index (χ4n) is 1.90. The Morgan fingerprint density at radius 1 is 1.27 bits per heavy atom. The summed E-state index contributed by atoms with van der Waals surface area (Å²) in [7, 11) is -2.81. The van der Waals surface area contributed by atoms with Gasteiger partial charge in [-0.3, -0.25) is 0 Å². The van der Waals surface area contributed by atoms with E-state index < -0.39 is 9.84 Å². The first kappa shape index (κ1) is 10.6. The molecule has 15 heavy (non-hydrogen) atoms.